The van der Waals surface area contributed by atoms with Gasteiger partial charge in [0.2, 0.25) is 5.88 Å². The third-order valence-corrected chi connectivity index (χ3v) is 1.65. The highest BCUT2D eigenvalue weighted by Crippen LogP contribution is 2.14. The molecule has 13 heavy (non-hydrogen) atoms. The minimum Gasteiger partial charge on any atom is -0.475 e. The number of ether oxygens (including phenoxy) is 1. The molecular formula is C8H10N4O. The second kappa shape index (κ2) is 3.40. The highest BCUT2D eigenvalue weighted by molar-refractivity contribution is 5.54. The van der Waals surface area contributed by atoms with Crippen molar-refractivity contribution >= 4 is 5.52 Å². The van der Waals surface area contributed by atoms with Crippen LogP contribution in [0, 0.1) is 0 Å². The molecule has 0 saturated carbocycles. The van der Waals surface area contributed by atoms with Crippen LogP contribution in [0.15, 0.2) is 24.7 Å². The van der Waals surface area contributed by atoms with E-state index in [4.69, 9.17) is 10.5 Å². The van der Waals surface area contributed by atoms with Gasteiger partial charge in [-0.15, -0.1) is 0 Å². The maximum Gasteiger partial charge on any atom is 0.240 e. The lowest BCUT2D eigenvalue weighted by atomic mass is 10.5. The maximum atomic E-state index is 5.33. The monoisotopic (exact) mass is 178 g/mol. The van der Waals surface area contributed by atoms with Crippen LogP contribution in [0.1, 0.15) is 0 Å². The minimum atomic E-state index is 0.470. The molecule has 0 aromatic carbocycles. The molecule has 0 saturated heterocycles. The normalized spacial score (nSPS) is 10.5. The first-order chi connectivity index (χ1) is 6.42. The van der Waals surface area contributed by atoms with Crippen molar-refractivity contribution in [3.8, 4) is 5.88 Å². The van der Waals surface area contributed by atoms with E-state index in [1.54, 1.807) is 23.1 Å². The number of nitrogens with two attached hydrogens (primary N) is 1. The summed E-state index contributed by atoms with van der Waals surface area (Å²) < 4.78 is 7.04. The number of fused-ring (bicyclic) bond motifs is 1. The van der Waals surface area contributed by atoms with Gasteiger partial charge < -0.3 is 10.5 Å². The first kappa shape index (κ1) is 8.00. The molecule has 2 aromatic rings. The number of aromatic nitrogens is 3. The van der Waals surface area contributed by atoms with Crippen LogP contribution in [0.25, 0.3) is 5.52 Å². The summed E-state index contributed by atoms with van der Waals surface area (Å²) in [5.41, 5.74) is 6.18. The Morgan fingerprint density at radius 3 is 3.23 bits per heavy atom. The molecule has 2 heterocycles. The van der Waals surface area contributed by atoms with Gasteiger partial charge in [-0.05, 0) is 6.07 Å². The molecule has 0 bridgehead atoms. The van der Waals surface area contributed by atoms with E-state index in [0.717, 1.165) is 5.52 Å². The van der Waals surface area contributed by atoms with E-state index in [-0.39, 0.29) is 0 Å². The zero-order valence-electron chi connectivity index (χ0n) is 7.05. The second-order valence-corrected chi connectivity index (χ2v) is 2.53. The second-order valence-electron chi connectivity index (χ2n) is 2.53. The fourth-order valence-electron chi connectivity index (χ4n) is 1.10. The largest absolute Gasteiger partial charge is 0.475 e. The number of rotatable bonds is 3. The van der Waals surface area contributed by atoms with E-state index in [0.29, 0.717) is 19.0 Å². The number of hydrogen-bond donors (Lipinski definition) is 1. The Balaban J connectivity index is 2.37. The van der Waals surface area contributed by atoms with Crippen molar-refractivity contribution in [2.45, 2.75) is 0 Å². The summed E-state index contributed by atoms with van der Waals surface area (Å²) in [6, 6.07) is 1.85. The molecule has 2 N–H and O–H groups in total. The van der Waals surface area contributed by atoms with Crippen molar-refractivity contribution in [3.05, 3.63) is 24.7 Å². The Bertz CT molecular complexity index is 398. The smallest absolute Gasteiger partial charge is 0.240 e. The molecule has 68 valence electrons. The van der Waals surface area contributed by atoms with Crippen molar-refractivity contribution in [2.75, 3.05) is 13.2 Å². The Labute approximate surface area is 75.1 Å². The van der Waals surface area contributed by atoms with E-state index in [1.807, 2.05) is 6.07 Å². The molecular weight excluding hydrogens is 168 g/mol. The van der Waals surface area contributed by atoms with Crippen molar-refractivity contribution in [1.82, 2.24) is 14.6 Å². The van der Waals surface area contributed by atoms with Gasteiger partial charge in [0.1, 0.15) is 12.1 Å². The molecule has 0 spiro atoms. The number of hydrogen-bond acceptors (Lipinski definition) is 4. The van der Waals surface area contributed by atoms with Gasteiger partial charge in [-0.3, -0.25) is 0 Å². The van der Waals surface area contributed by atoms with Crippen LogP contribution in [0.2, 0.25) is 0 Å². The Morgan fingerprint density at radius 1 is 1.46 bits per heavy atom. The van der Waals surface area contributed by atoms with Gasteiger partial charge >= 0.3 is 0 Å². The summed E-state index contributed by atoms with van der Waals surface area (Å²) in [6.07, 6.45) is 5.11. The van der Waals surface area contributed by atoms with Gasteiger partial charge in [-0.25, -0.2) is 9.50 Å². The highest BCUT2D eigenvalue weighted by atomic mass is 16.5. The Hall–Kier alpha value is -1.62. The van der Waals surface area contributed by atoms with Crippen molar-refractivity contribution in [1.29, 1.82) is 0 Å². The summed E-state index contributed by atoms with van der Waals surface area (Å²) in [7, 11) is 0. The molecule has 5 nitrogen and oxygen atoms in total. The van der Waals surface area contributed by atoms with E-state index >= 15 is 0 Å². The minimum absolute atomic E-state index is 0.470. The molecule has 0 unspecified atom stereocenters. The molecule has 0 aliphatic rings. The standard InChI is InChI=1S/C8H10N4O/c9-2-6-13-8-7-1-3-11-12(7)5-4-10-8/h1,3-5H,2,6,9H2. The first-order valence-electron chi connectivity index (χ1n) is 4.03. The lowest BCUT2D eigenvalue weighted by Crippen LogP contribution is -2.11. The van der Waals surface area contributed by atoms with E-state index < -0.39 is 0 Å². The average molecular weight is 178 g/mol. The van der Waals surface area contributed by atoms with Gasteiger partial charge in [-0.1, -0.05) is 0 Å². The fraction of sp³-hybridized carbons (Fsp3) is 0.250. The third kappa shape index (κ3) is 1.46. The zero-order valence-corrected chi connectivity index (χ0v) is 7.05. The quantitative estimate of drug-likeness (QED) is 0.722. The van der Waals surface area contributed by atoms with Crippen LogP contribution < -0.4 is 10.5 Å². The van der Waals surface area contributed by atoms with Crippen molar-refractivity contribution in [2.24, 2.45) is 5.73 Å². The molecule has 0 fully saturated rings. The van der Waals surface area contributed by atoms with Gasteiger partial charge in [0, 0.05) is 18.9 Å². The van der Waals surface area contributed by atoms with Crippen LogP contribution >= 0.6 is 0 Å². The summed E-state index contributed by atoms with van der Waals surface area (Å²) >= 11 is 0. The predicted octanol–water partition coefficient (Wildman–Crippen LogP) is 0.0668. The number of nitrogens with zero attached hydrogens (tertiary/aromatic N) is 3. The SMILES string of the molecule is NCCOc1nccn2nccc12. The van der Waals surface area contributed by atoms with Crippen LogP contribution in [-0.4, -0.2) is 27.7 Å². The van der Waals surface area contributed by atoms with Crippen molar-refractivity contribution < 1.29 is 4.74 Å². The lowest BCUT2D eigenvalue weighted by molar-refractivity contribution is 0.318. The van der Waals surface area contributed by atoms with Crippen LogP contribution in [0.4, 0.5) is 0 Å². The van der Waals surface area contributed by atoms with Gasteiger partial charge in [0.15, 0.2) is 0 Å². The summed E-state index contributed by atoms with van der Waals surface area (Å²) in [4.78, 5) is 4.08. The molecule has 2 aromatic heterocycles. The summed E-state index contributed by atoms with van der Waals surface area (Å²) in [6.45, 7) is 0.953. The molecule has 0 aliphatic heterocycles. The molecule has 0 aliphatic carbocycles. The highest BCUT2D eigenvalue weighted by Gasteiger charge is 2.02. The maximum absolute atomic E-state index is 5.33. The Morgan fingerprint density at radius 2 is 2.38 bits per heavy atom. The third-order valence-electron chi connectivity index (χ3n) is 1.65. The predicted molar refractivity (Wildman–Crippen MR) is 47.5 cm³/mol. The van der Waals surface area contributed by atoms with Crippen LogP contribution in [0.5, 0.6) is 5.88 Å². The first-order valence-corrected chi connectivity index (χ1v) is 4.03. The molecule has 5 heteroatoms. The summed E-state index contributed by atoms with van der Waals surface area (Å²) in [5.74, 6) is 0.574. The lowest BCUT2D eigenvalue weighted by Gasteiger charge is -2.03. The average Bonchev–Trinajstić information content (AvgIpc) is 2.62. The Kier molecular flexibility index (Phi) is 2.09. The van der Waals surface area contributed by atoms with Gasteiger partial charge in [-0.2, -0.15) is 5.10 Å². The summed E-state index contributed by atoms with van der Waals surface area (Å²) in [5, 5.41) is 4.05. The van der Waals surface area contributed by atoms with Crippen molar-refractivity contribution in [3.63, 3.8) is 0 Å². The van der Waals surface area contributed by atoms with Crippen LogP contribution in [0.3, 0.4) is 0 Å². The molecule has 0 amide bonds. The molecule has 0 atom stereocenters. The van der Waals surface area contributed by atoms with Gasteiger partial charge in [0.25, 0.3) is 0 Å². The topological polar surface area (TPSA) is 65.4 Å². The van der Waals surface area contributed by atoms with Crippen LogP contribution in [-0.2, 0) is 0 Å². The molecule has 2 rings (SSSR count). The fourth-order valence-corrected chi connectivity index (χ4v) is 1.10. The van der Waals surface area contributed by atoms with Gasteiger partial charge in [0.05, 0.1) is 6.20 Å². The molecule has 0 radical (unpaired) electrons. The van der Waals surface area contributed by atoms with E-state index in [1.165, 1.54) is 0 Å². The zero-order chi connectivity index (χ0) is 9.10. The van der Waals surface area contributed by atoms with E-state index in [2.05, 4.69) is 10.1 Å². The van der Waals surface area contributed by atoms with E-state index in [9.17, 15) is 0 Å².